The minimum atomic E-state index is -0.381. The molecule has 5 bridgehead atoms. The van der Waals surface area contributed by atoms with Crippen LogP contribution in [0.15, 0.2) is 24.3 Å². The number of methoxy groups -OCH3 is 2. The monoisotopic (exact) mass is 608 g/mol. The second-order valence-electron chi connectivity index (χ2n) is 14.8. The van der Waals surface area contributed by atoms with Gasteiger partial charge in [-0.25, -0.2) is 0 Å². The molecular weight excluding hydrogens is 566 g/mol. The van der Waals surface area contributed by atoms with Crippen LogP contribution >= 0.6 is 11.6 Å². The van der Waals surface area contributed by atoms with Gasteiger partial charge in [-0.15, -0.1) is 0 Å². The van der Waals surface area contributed by atoms with E-state index in [9.17, 15) is 0 Å². The Bertz CT molecular complexity index is 1500. The van der Waals surface area contributed by atoms with Gasteiger partial charge in [0.25, 0.3) is 0 Å². The molecule has 7 atom stereocenters. The SMILES string of the molecule is COc1ccc2c3c1OC14CC[N+](C)(CC5CC5)C(C2)C2(CCC1(OC)C(CCOCc1cc5c(cc1Cl)OCO5)C2)C34. The highest BCUT2D eigenvalue weighted by Gasteiger charge is 2.82. The summed E-state index contributed by atoms with van der Waals surface area (Å²) in [6, 6.07) is 8.87. The van der Waals surface area contributed by atoms with Crippen LogP contribution in [-0.4, -0.2) is 69.5 Å². The zero-order chi connectivity index (χ0) is 29.2. The summed E-state index contributed by atoms with van der Waals surface area (Å²) in [7, 11) is 6.31. The second-order valence-corrected chi connectivity index (χ2v) is 15.2. The molecule has 0 amide bonds. The quantitative estimate of drug-likeness (QED) is 0.247. The molecule has 8 heteroatoms. The molecule has 7 unspecified atom stereocenters. The Balaban J connectivity index is 1.07. The fourth-order valence-corrected chi connectivity index (χ4v) is 11.4. The van der Waals surface area contributed by atoms with Gasteiger partial charge in [0.05, 0.1) is 44.9 Å². The molecule has 3 aliphatic heterocycles. The first kappa shape index (κ1) is 27.1. The van der Waals surface area contributed by atoms with Crippen molar-refractivity contribution in [3.63, 3.8) is 0 Å². The van der Waals surface area contributed by atoms with Crippen LogP contribution < -0.4 is 18.9 Å². The fraction of sp³-hybridized carbons (Fsp3) is 0.657. The molecule has 43 heavy (non-hydrogen) atoms. The van der Waals surface area contributed by atoms with Crippen LogP contribution in [0.25, 0.3) is 0 Å². The lowest BCUT2D eigenvalue weighted by Gasteiger charge is -2.68. The number of benzene rings is 2. The van der Waals surface area contributed by atoms with E-state index in [-0.39, 0.29) is 23.4 Å². The Labute approximate surface area is 259 Å². The van der Waals surface area contributed by atoms with E-state index in [0.717, 1.165) is 61.0 Å². The van der Waals surface area contributed by atoms with Crippen LogP contribution in [0.1, 0.15) is 67.6 Å². The maximum Gasteiger partial charge on any atom is 0.231 e. The molecule has 230 valence electrons. The van der Waals surface area contributed by atoms with E-state index in [1.807, 2.05) is 19.2 Å². The minimum Gasteiger partial charge on any atom is -0.493 e. The summed E-state index contributed by atoms with van der Waals surface area (Å²) in [5.41, 5.74) is 3.31. The molecule has 2 aromatic carbocycles. The van der Waals surface area contributed by atoms with E-state index in [4.69, 9.17) is 40.0 Å². The predicted octanol–water partition coefficient (Wildman–Crippen LogP) is 6.27. The van der Waals surface area contributed by atoms with Gasteiger partial charge >= 0.3 is 0 Å². The molecule has 1 saturated heterocycles. The van der Waals surface area contributed by atoms with Crippen molar-refractivity contribution in [2.75, 3.05) is 47.8 Å². The van der Waals surface area contributed by atoms with Crippen LogP contribution in [0.2, 0.25) is 5.02 Å². The molecule has 0 radical (unpaired) electrons. The molecule has 2 aromatic rings. The normalized spacial score (nSPS) is 39.0. The molecule has 3 heterocycles. The maximum absolute atomic E-state index is 7.44. The van der Waals surface area contributed by atoms with E-state index in [1.54, 1.807) is 7.11 Å². The summed E-state index contributed by atoms with van der Waals surface area (Å²) >= 11 is 6.57. The highest BCUT2D eigenvalue weighted by atomic mass is 35.5. The summed E-state index contributed by atoms with van der Waals surface area (Å²) in [5, 5.41) is 0.653. The average molecular weight is 609 g/mol. The second kappa shape index (κ2) is 9.18. The predicted molar refractivity (Wildman–Crippen MR) is 161 cm³/mol. The third kappa shape index (κ3) is 3.48. The van der Waals surface area contributed by atoms with Crippen molar-refractivity contribution in [2.24, 2.45) is 17.3 Å². The number of rotatable bonds is 9. The molecule has 0 aromatic heterocycles. The lowest BCUT2D eigenvalue weighted by atomic mass is 9.39. The third-order valence-electron chi connectivity index (χ3n) is 13.0. The lowest BCUT2D eigenvalue weighted by molar-refractivity contribution is -0.941. The van der Waals surface area contributed by atoms with Crippen molar-refractivity contribution in [3.05, 3.63) is 46.0 Å². The summed E-state index contributed by atoms with van der Waals surface area (Å²) in [6.45, 7) is 3.79. The molecule has 0 N–H and O–H groups in total. The number of quaternary nitrogens is 1. The van der Waals surface area contributed by atoms with Gasteiger partial charge in [-0.3, -0.25) is 0 Å². The van der Waals surface area contributed by atoms with Gasteiger partial charge in [-0.2, -0.15) is 0 Å². The van der Waals surface area contributed by atoms with Gasteiger partial charge in [0.2, 0.25) is 6.79 Å². The Morgan fingerprint density at radius 3 is 2.70 bits per heavy atom. The van der Waals surface area contributed by atoms with Gasteiger partial charge in [0, 0.05) is 61.0 Å². The smallest absolute Gasteiger partial charge is 0.231 e. The average Bonchev–Trinajstić information content (AvgIpc) is 3.55. The Morgan fingerprint density at radius 2 is 1.91 bits per heavy atom. The first-order valence-electron chi connectivity index (χ1n) is 16.3. The first-order chi connectivity index (χ1) is 20.9. The Morgan fingerprint density at radius 1 is 1.07 bits per heavy atom. The van der Waals surface area contributed by atoms with Gasteiger partial charge in [-0.05, 0) is 62.1 Å². The Hall–Kier alpha value is -2.19. The number of likely N-dealkylation sites (N-methyl/N-ethyl adjacent to an activating group) is 1. The van der Waals surface area contributed by atoms with Crippen molar-refractivity contribution in [3.8, 4) is 23.0 Å². The molecular formula is C35H43ClNO6+. The lowest BCUT2D eigenvalue weighted by Crippen LogP contribution is -2.76. The van der Waals surface area contributed by atoms with Crippen molar-refractivity contribution >= 4 is 11.6 Å². The number of ether oxygens (including phenoxy) is 6. The summed E-state index contributed by atoms with van der Waals surface area (Å²) in [6.07, 6.45) is 9.31. The van der Waals surface area contributed by atoms with Gasteiger partial charge in [-0.1, -0.05) is 17.7 Å². The third-order valence-corrected chi connectivity index (χ3v) is 13.4. The van der Waals surface area contributed by atoms with E-state index in [2.05, 4.69) is 19.2 Å². The standard InChI is InChI=1S/C35H43ClNO6/c1-37(18-21-4-5-21)12-11-35-32-30-22(6-7-26(38-2)31(30)43-35)15-29(37)33(32)9-10-34(35,39-3)24(17-33)8-13-40-19-23-14-27-28(16-25(23)36)42-20-41-27/h6-7,14,16,21,24,29,32H,4-5,8-13,15,17-20H2,1-3H3/q+1. The number of likely N-dealkylation sites (tertiary alicyclic amines) is 1. The Kier molecular flexibility index (Phi) is 5.80. The van der Waals surface area contributed by atoms with Gasteiger partial charge in [0.1, 0.15) is 5.60 Å². The zero-order valence-corrected chi connectivity index (χ0v) is 26.3. The molecule has 7 nitrogen and oxygen atoms in total. The van der Waals surface area contributed by atoms with E-state index in [1.165, 1.54) is 47.8 Å². The molecule has 5 aliphatic carbocycles. The number of hydrogen-bond donors (Lipinski definition) is 0. The summed E-state index contributed by atoms with van der Waals surface area (Å²) in [4.78, 5) is 0. The summed E-state index contributed by atoms with van der Waals surface area (Å²) < 4.78 is 38.8. The molecule has 10 rings (SSSR count). The molecule has 8 aliphatic rings. The number of hydrogen-bond acceptors (Lipinski definition) is 6. The van der Waals surface area contributed by atoms with Crippen molar-refractivity contribution in [2.45, 2.75) is 81.1 Å². The van der Waals surface area contributed by atoms with Crippen LogP contribution in [-0.2, 0) is 22.5 Å². The number of halogens is 1. The van der Waals surface area contributed by atoms with Gasteiger partial charge in [0.15, 0.2) is 28.6 Å². The van der Waals surface area contributed by atoms with Crippen molar-refractivity contribution < 1.29 is 32.9 Å². The number of fused-ring (bicyclic) bond motifs is 3. The molecule has 1 spiro atoms. The fourth-order valence-electron chi connectivity index (χ4n) is 11.2. The highest BCUT2D eigenvalue weighted by Crippen LogP contribution is 2.78. The van der Waals surface area contributed by atoms with Crippen molar-refractivity contribution in [1.82, 2.24) is 0 Å². The van der Waals surface area contributed by atoms with Crippen LogP contribution in [0.5, 0.6) is 23.0 Å². The zero-order valence-electron chi connectivity index (χ0n) is 25.6. The molecule has 4 saturated carbocycles. The van der Waals surface area contributed by atoms with Crippen LogP contribution in [0.4, 0.5) is 0 Å². The van der Waals surface area contributed by atoms with Crippen LogP contribution in [0.3, 0.4) is 0 Å². The first-order valence-corrected chi connectivity index (χ1v) is 16.7. The van der Waals surface area contributed by atoms with E-state index in [0.29, 0.717) is 41.9 Å². The van der Waals surface area contributed by atoms with E-state index < -0.39 is 0 Å². The summed E-state index contributed by atoms with van der Waals surface area (Å²) in [5.74, 6) is 4.91. The largest absolute Gasteiger partial charge is 0.493 e. The van der Waals surface area contributed by atoms with E-state index >= 15 is 0 Å². The minimum absolute atomic E-state index is 0.191. The molecule has 5 fully saturated rings. The maximum atomic E-state index is 7.44. The van der Waals surface area contributed by atoms with Crippen molar-refractivity contribution in [1.29, 1.82) is 0 Å². The number of nitrogens with zero attached hydrogens (tertiary/aromatic N) is 1. The van der Waals surface area contributed by atoms with Gasteiger partial charge < -0.3 is 32.9 Å². The van der Waals surface area contributed by atoms with Crippen LogP contribution in [0, 0.1) is 17.3 Å². The highest BCUT2D eigenvalue weighted by molar-refractivity contribution is 6.31. The topological polar surface area (TPSA) is 55.4 Å².